The minimum absolute atomic E-state index is 0.795. The van der Waals surface area contributed by atoms with Gasteiger partial charge in [0.25, 0.3) is 0 Å². The van der Waals surface area contributed by atoms with E-state index in [9.17, 15) is 0 Å². The zero-order valence-electron chi connectivity index (χ0n) is 12.0. The van der Waals surface area contributed by atoms with E-state index >= 15 is 0 Å². The van der Waals surface area contributed by atoms with Crippen molar-refractivity contribution in [1.29, 1.82) is 0 Å². The third-order valence-electron chi connectivity index (χ3n) is 3.28. The van der Waals surface area contributed by atoms with E-state index in [0.717, 1.165) is 33.4 Å². The largest absolute Gasteiger partial charge is 0.455 e. The van der Waals surface area contributed by atoms with Gasteiger partial charge in [-0.15, -0.1) is 11.8 Å². The second kappa shape index (κ2) is 5.61. The van der Waals surface area contributed by atoms with E-state index in [1.54, 1.807) is 0 Å². The summed E-state index contributed by atoms with van der Waals surface area (Å²) in [5, 5.41) is 1.04. The Bertz CT molecular complexity index is 921. The molecule has 21 heavy (non-hydrogen) atoms. The minimum atomic E-state index is 0.795. The molecular weight excluding hydrogens is 256 g/mol. The van der Waals surface area contributed by atoms with Crippen LogP contribution in [0, 0.1) is 23.7 Å². The molecule has 0 amide bonds. The van der Waals surface area contributed by atoms with Crippen molar-refractivity contribution in [3.05, 3.63) is 59.7 Å². The number of hydrogen-bond acceptors (Lipinski definition) is 1. The summed E-state index contributed by atoms with van der Waals surface area (Å²) in [6.07, 6.45) is 0. The molecule has 0 bridgehead atoms. The van der Waals surface area contributed by atoms with E-state index in [1.807, 2.05) is 62.4 Å². The summed E-state index contributed by atoms with van der Waals surface area (Å²) in [6.45, 7) is 3.67. The lowest BCUT2D eigenvalue weighted by Gasteiger charge is -2.01. The molecule has 0 N–H and O–H groups in total. The molecule has 0 unspecified atom stereocenters. The number of benzene rings is 2. The van der Waals surface area contributed by atoms with Crippen LogP contribution in [0.4, 0.5) is 0 Å². The highest BCUT2D eigenvalue weighted by atomic mass is 16.3. The van der Waals surface area contributed by atoms with E-state index in [1.165, 1.54) is 0 Å². The molecule has 1 heterocycles. The highest BCUT2D eigenvalue weighted by Crippen LogP contribution is 2.34. The first-order chi connectivity index (χ1) is 10.3. The lowest BCUT2D eigenvalue weighted by molar-refractivity contribution is 0.630. The van der Waals surface area contributed by atoms with Crippen LogP contribution in [0.15, 0.2) is 52.9 Å². The fourth-order valence-corrected chi connectivity index (χ4v) is 2.41. The third kappa shape index (κ3) is 2.31. The van der Waals surface area contributed by atoms with Crippen molar-refractivity contribution in [2.75, 3.05) is 0 Å². The average Bonchev–Trinajstić information content (AvgIpc) is 2.88. The molecule has 1 nitrogen and oxygen atoms in total. The molecular formula is C20H14O. The zero-order valence-corrected chi connectivity index (χ0v) is 12.0. The molecule has 0 fully saturated rings. The Balaban J connectivity index is 2.36. The van der Waals surface area contributed by atoms with Gasteiger partial charge in [-0.2, -0.15) is 0 Å². The van der Waals surface area contributed by atoms with Crippen LogP contribution in [0.2, 0.25) is 0 Å². The predicted molar refractivity (Wildman–Crippen MR) is 86.8 cm³/mol. The van der Waals surface area contributed by atoms with Crippen molar-refractivity contribution in [3.8, 4) is 35.0 Å². The van der Waals surface area contributed by atoms with Gasteiger partial charge < -0.3 is 4.42 Å². The van der Waals surface area contributed by atoms with Crippen molar-refractivity contribution < 1.29 is 4.42 Å². The average molecular weight is 270 g/mol. The molecule has 1 aromatic heterocycles. The maximum atomic E-state index is 6.05. The summed E-state index contributed by atoms with van der Waals surface area (Å²) < 4.78 is 6.05. The monoisotopic (exact) mass is 270 g/mol. The van der Waals surface area contributed by atoms with Crippen LogP contribution >= 0.6 is 0 Å². The molecule has 0 radical (unpaired) electrons. The maximum Gasteiger partial charge on any atom is 0.152 e. The Morgan fingerprint density at radius 3 is 2.33 bits per heavy atom. The number of furan rings is 1. The standard InChI is InChI=1S/C20H14O/c1-3-9-15-11-5-6-12-16(15)20-18(10-4-2)17-13-7-8-14-19(17)21-20/h5-8,11-14H,1-2H3. The SMILES string of the molecule is CC#Cc1ccccc1-c1oc2ccccc2c1C#CC. The third-order valence-corrected chi connectivity index (χ3v) is 3.28. The van der Waals surface area contributed by atoms with Crippen LogP contribution in [-0.2, 0) is 0 Å². The minimum Gasteiger partial charge on any atom is -0.455 e. The molecule has 0 aliphatic carbocycles. The zero-order chi connectivity index (χ0) is 14.7. The van der Waals surface area contributed by atoms with Crippen LogP contribution < -0.4 is 0 Å². The van der Waals surface area contributed by atoms with Gasteiger partial charge in [-0.25, -0.2) is 0 Å². The summed E-state index contributed by atoms with van der Waals surface area (Å²) >= 11 is 0. The van der Waals surface area contributed by atoms with Gasteiger partial charge in [-0.1, -0.05) is 36.1 Å². The Hall–Kier alpha value is -2.90. The lowest BCUT2D eigenvalue weighted by Crippen LogP contribution is -1.84. The maximum absolute atomic E-state index is 6.05. The predicted octanol–water partition coefficient (Wildman–Crippen LogP) is 4.84. The van der Waals surface area contributed by atoms with Crippen molar-refractivity contribution >= 4 is 11.0 Å². The van der Waals surface area contributed by atoms with E-state index in [-0.39, 0.29) is 0 Å². The highest BCUT2D eigenvalue weighted by molar-refractivity contribution is 5.92. The van der Waals surface area contributed by atoms with Crippen molar-refractivity contribution in [2.45, 2.75) is 13.8 Å². The molecule has 0 atom stereocenters. The van der Waals surface area contributed by atoms with Gasteiger partial charge in [-0.3, -0.25) is 0 Å². The Kier molecular flexibility index (Phi) is 3.50. The summed E-state index contributed by atoms with van der Waals surface area (Å²) in [4.78, 5) is 0. The molecule has 0 saturated carbocycles. The Morgan fingerprint density at radius 2 is 1.52 bits per heavy atom. The van der Waals surface area contributed by atoms with Crippen LogP contribution in [0.25, 0.3) is 22.3 Å². The molecule has 3 aromatic rings. The molecule has 0 aliphatic heterocycles. The molecule has 2 aromatic carbocycles. The summed E-state index contributed by atoms with van der Waals surface area (Å²) in [7, 11) is 0. The van der Waals surface area contributed by atoms with Gasteiger partial charge in [-0.05, 0) is 38.1 Å². The van der Waals surface area contributed by atoms with Crippen molar-refractivity contribution in [2.24, 2.45) is 0 Å². The van der Waals surface area contributed by atoms with Gasteiger partial charge >= 0.3 is 0 Å². The first kappa shape index (κ1) is 13.1. The van der Waals surface area contributed by atoms with Gasteiger partial charge in [0, 0.05) is 16.5 Å². The molecule has 3 rings (SSSR count). The van der Waals surface area contributed by atoms with E-state index in [4.69, 9.17) is 4.42 Å². The number of rotatable bonds is 1. The first-order valence-corrected chi connectivity index (χ1v) is 6.81. The van der Waals surface area contributed by atoms with Gasteiger partial charge in [0.2, 0.25) is 0 Å². The summed E-state index contributed by atoms with van der Waals surface area (Å²) in [5.74, 6) is 13.0. The molecule has 0 spiro atoms. The topological polar surface area (TPSA) is 13.1 Å². The van der Waals surface area contributed by atoms with Gasteiger partial charge in [0.15, 0.2) is 5.76 Å². The number of para-hydroxylation sites is 1. The molecule has 0 saturated heterocycles. The van der Waals surface area contributed by atoms with Crippen LogP contribution in [0.5, 0.6) is 0 Å². The fraction of sp³-hybridized carbons (Fsp3) is 0.100. The second-order valence-electron chi connectivity index (χ2n) is 4.60. The Labute approximate surface area is 124 Å². The number of fused-ring (bicyclic) bond motifs is 1. The van der Waals surface area contributed by atoms with Crippen LogP contribution in [-0.4, -0.2) is 0 Å². The Morgan fingerprint density at radius 1 is 0.810 bits per heavy atom. The highest BCUT2D eigenvalue weighted by Gasteiger charge is 2.16. The first-order valence-electron chi connectivity index (χ1n) is 6.81. The molecule has 0 aliphatic rings. The van der Waals surface area contributed by atoms with E-state index in [0.29, 0.717) is 0 Å². The van der Waals surface area contributed by atoms with Crippen molar-refractivity contribution in [1.82, 2.24) is 0 Å². The lowest BCUT2D eigenvalue weighted by atomic mass is 10.0. The molecule has 100 valence electrons. The van der Waals surface area contributed by atoms with E-state index < -0.39 is 0 Å². The fourth-order valence-electron chi connectivity index (χ4n) is 2.41. The molecule has 1 heteroatoms. The van der Waals surface area contributed by atoms with Crippen LogP contribution in [0.1, 0.15) is 25.0 Å². The van der Waals surface area contributed by atoms with Gasteiger partial charge in [0.05, 0.1) is 5.56 Å². The van der Waals surface area contributed by atoms with Crippen molar-refractivity contribution in [3.63, 3.8) is 0 Å². The quantitative estimate of drug-likeness (QED) is 0.576. The summed E-state index contributed by atoms with van der Waals surface area (Å²) in [6, 6.07) is 16.0. The van der Waals surface area contributed by atoms with Crippen LogP contribution in [0.3, 0.4) is 0 Å². The smallest absolute Gasteiger partial charge is 0.152 e. The second-order valence-corrected chi connectivity index (χ2v) is 4.60. The van der Waals surface area contributed by atoms with Gasteiger partial charge in [0.1, 0.15) is 5.58 Å². The van der Waals surface area contributed by atoms with E-state index in [2.05, 4.69) is 23.7 Å². The normalized spacial score (nSPS) is 9.62. The number of hydrogen-bond donors (Lipinski definition) is 0. The summed E-state index contributed by atoms with van der Waals surface area (Å²) in [5.41, 5.74) is 3.72.